The molecule has 4 N–H and O–H groups in total. The van der Waals surface area contributed by atoms with Gasteiger partial charge in [-0.1, -0.05) is 0 Å². The van der Waals surface area contributed by atoms with Crippen LogP contribution in [0.1, 0.15) is 6.92 Å². The van der Waals surface area contributed by atoms with Crippen molar-refractivity contribution >= 4 is 5.78 Å². The third-order valence-electron chi connectivity index (χ3n) is 2.66. The number of ketones is 1. The maximum Gasteiger partial charge on any atom is 0.233 e. The molecule has 0 saturated carbocycles. The van der Waals surface area contributed by atoms with Crippen molar-refractivity contribution in [3.05, 3.63) is 10.4 Å². The Kier molecular flexibility index (Phi) is 4.04. The van der Waals surface area contributed by atoms with Gasteiger partial charge in [0, 0.05) is 4.91 Å². The Balaban J connectivity index is 3.20. The summed E-state index contributed by atoms with van der Waals surface area (Å²) in [5.74, 6) is -0.841. The van der Waals surface area contributed by atoms with Gasteiger partial charge in [-0.2, -0.15) is 0 Å². The Hall–Kier alpha value is -1.22. The van der Waals surface area contributed by atoms with Crippen LogP contribution in [0.15, 0.2) is 5.11 Å². The predicted molar refractivity (Wildman–Crippen MR) is 52.5 cm³/mol. The highest BCUT2D eigenvalue weighted by molar-refractivity contribution is 5.85. The van der Waals surface area contributed by atoms with Gasteiger partial charge in [-0.15, -0.1) is 0 Å². The van der Waals surface area contributed by atoms with Crippen LogP contribution in [0.5, 0.6) is 0 Å². The van der Waals surface area contributed by atoms with Crippen LogP contribution in [0.25, 0.3) is 10.4 Å². The SMILES string of the molecule is CC(=O)C1(N=[N+]=[N-])O[C@H](CO)[C@H](O)[C@H](O)[C@H]1O. The summed E-state index contributed by atoms with van der Waals surface area (Å²) in [5.41, 5.74) is 6.04. The van der Waals surface area contributed by atoms with Crippen molar-refractivity contribution in [1.29, 1.82) is 0 Å². The van der Waals surface area contributed by atoms with Gasteiger partial charge in [0.15, 0.2) is 5.78 Å². The maximum atomic E-state index is 11.4. The molecular weight excluding hydrogens is 234 g/mol. The molecule has 1 unspecified atom stereocenters. The molecule has 0 aliphatic carbocycles. The van der Waals surface area contributed by atoms with Crippen LogP contribution in [0.2, 0.25) is 0 Å². The van der Waals surface area contributed by atoms with Crippen molar-refractivity contribution < 1.29 is 30.0 Å². The number of carbonyl (C=O) groups is 1. The van der Waals surface area contributed by atoms with Gasteiger partial charge in [-0.3, -0.25) is 4.79 Å². The summed E-state index contributed by atoms with van der Waals surface area (Å²) in [6, 6.07) is 0. The van der Waals surface area contributed by atoms with E-state index in [0.29, 0.717) is 0 Å². The first-order valence-electron chi connectivity index (χ1n) is 4.81. The molecule has 1 heterocycles. The summed E-state index contributed by atoms with van der Waals surface area (Å²) >= 11 is 0. The van der Waals surface area contributed by atoms with E-state index in [2.05, 4.69) is 10.0 Å². The lowest BCUT2D eigenvalue weighted by molar-refractivity contribution is -0.262. The number of rotatable bonds is 3. The minimum Gasteiger partial charge on any atom is -0.394 e. The van der Waals surface area contributed by atoms with Crippen LogP contribution in [0.3, 0.4) is 0 Å². The van der Waals surface area contributed by atoms with Gasteiger partial charge in [0.25, 0.3) is 0 Å². The predicted octanol–water partition coefficient (Wildman–Crippen LogP) is -1.94. The molecule has 9 nitrogen and oxygen atoms in total. The Morgan fingerprint density at radius 3 is 2.47 bits per heavy atom. The normalized spacial score (nSPS) is 41.7. The number of hydrogen-bond donors (Lipinski definition) is 4. The Bertz CT molecular complexity index is 351. The minimum atomic E-state index is -2.33. The number of Topliss-reactive ketones (excluding diaryl/α,β-unsaturated/α-hetero) is 1. The van der Waals surface area contributed by atoms with E-state index in [1.54, 1.807) is 0 Å². The standard InChI is InChI=1S/C8H13N3O6/c1-3(13)8(10-11-9)7(16)6(15)5(14)4(2-12)17-8/h4-7,12,14-16H,2H2,1H3/t4-,5+,6+,7-,8?/m1/s1. The topological polar surface area (TPSA) is 156 Å². The van der Waals surface area contributed by atoms with Crippen LogP contribution >= 0.6 is 0 Å². The van der Waals surface area contributed by atoms with Crippen molar-refractivity contribution in [3.63, 3.8) is 0 Å². The van der Waals surface area contributed by atoms with Gasteiger partial charge in [0.05, 0.1) is 6.61 Å². The number of hydrogen-bond acceptors (Lipinski definition) is 7. The Labute approximate surface area is 95.9 Å². The maximum absolute atomic E-state index is 11.4. The average molecular weight is 247 g/mol. The van der Waals surface area contributed by atoms with Crippen molar-refractivity contribution in [1.82, 2.24) is 0 Å². The molecule has 5 atom stereocenters. The molecule has 0 aromatic rings. The molecule has 1 fully saturated rings. The quantitative estimate of drug-likeness (QED) is 0.258. The zero-order valence-corrected chi connectivity index (χ0v) is 8.96. The summed E-state index contributed by atoms with van der Waals surface area (Å²) < 4.78 is 4.94. The third-order valence-corrected chi connectivity index (χ3v) is 2.66. The number of aliphatic hydroxyl groups excluding tert-OH is 4. The largest absolute Gasteiger partial charge is 0.394 e. The second kappa shape index (κ2) is 4.96. The molecule has 0 amide bonds. The molecule has 9 heteroatoms. The number of carbonyl (C=O) groups excluding carboxylic acids is 1. The van der Waals surface area contributed by atoms with E-state index >= 15 is 0 Å². The van der Waals surface area contributed by atoms with Crippen molar-refractivity contribution in [2.24, 2.45) is 5.11 Å². The van der Waals surface area contributed by atoms with E-state index in [-0.39, 0.29) is 0 Å². The molecule has 96 valence electrons. The van der Waals surface area contributed by atoms with Crippen molar-refractivity contribution in [2.45, 2.75) is 37.1 Å². The summed E-state index contributed by atoms with van der Waals surface area (Å²) in [4.78, 5) is 13.8. The molecular formula is C8H13N3O6. The number of aliphatic hydroxyl groups is 4. The van der Waals surface area contributed by atoms with E-state index in [4.69, 9.17) is 15.4 Å². The lowest BCUT2D eigenvalue weighted by Crippen LogP contribution is -2.66. The van der Waals surface area contributed by atoms with E-state index in [1.807, 2.05) is 0 Å². The highest BCUT2D eigenvalue weighted by Gasteiger charge is 2.56. The molecule has 0 radical (unpaired) electrons. The van der Waals surface area contributed by atoms with Crippen LogP contribution in [0, 0.1) is 0 Å². The molecule has 1 rings (SSSR count). The van der Waals surface area contributed by atoms with E-state index in [0.717, 1.165) is 6.92 Å². The van der Waals surface area contributed by atoms with Crippen LogP contribution < -0.4 is 0 Å². The summed E-state index contributed by atoms with van der Waals surface area (Å²) in [6.45, 7) is 0.289. The number of ether oxygens (including phenoxy) is 1. The first-order valence-corrected chi connectivity index (χ1v) is 4.81. The monoisotopic (exact) mass is 247 g/mol. The lowest BCUT2D eigenvalue weighted by Gasteiger charge is -2.44. The second-order valence-electron chi connectivity index (χ2n) is 3.71. The number of nitrogens with zero attached hydrogens (tertiary/aromatic N) is 3. The van der Waals surface area contributed by atoms with Gasteiger partial charge in [0.1, 0.15) is 24.4 Å². The molecule has 17 heavy (non-hydrogen) atoms. The fourth-order valence-electron chi connectivity index (χ4n) is 1.66. The Morgan fingerprint density at radius 1 is 1.47 bits per heavy atom. The molecule has 1 aliphatic heterocycles. The highest BCUT2D eigenvalue weighted by Crippen LogP contribution is 2.32. The van der Waals surface area contributed by atoms with Crippen molar-refractivity contribution in [3.8, 4) is 0 Å². The van der Waals surface area contributed by atoms with Crippen LogP contribution in [-0.4, -0.2) is 63.0 Å². The minimum absolute atomic E-state index is 0.707. The lowest BCUT2D eigenvalue weighted by atomic mass is 9.89. The van der Waals surface area contributed by atoms with Gasteiger partial charge in [-0.25, -0.2) is 0 Å². The zero-order chi connectivity index (χ0) is 13.2. The molecule has 0 aromatic heterocycles. The first kappa shape index (κ1) is 13.8. The summed E-state index contributed by atoms with van der Waals surface area (Å²) in [7, 11) is 0. The summed E-state index contributed by atoms with van der Waals surface area (Å²) in [6.07, 6.45) is -6.59. The molecule has 0 aromatic carbocycles. The average Bonchev–Trinajstić information content (AvgIpc) is 2.30. The van der Waals surface area contributed by atoms with E-state index in [1.165, 1.54) is 0 Å². The smallest absolute Gasteiger partial charge is 0.233 e. The summed E-state index contributed by atoms with van der Waals surface area (Å²) in [5, 5.41) is 40.6. The van der Waals surface area contributed by atoms with E-state index in [9.17, 15) is 20.1 Å². The Morgan fingerprint density at radius 2 is 2.06 bits per heavy atom. The van der Waals surface area contributed by atoms with Crippen LogP contribution in [-0.2, 0) is 9.53 Å². The van der Waals surface area contributed by atoms with Crippen molar-refractivity contribution in [2.75, 3.05) is 6.61 Å². The fraction of sp³-hybridized carbons (Fsp3) is 0.875. The fourth-order valence-corrected chi connectivity index (χ4v) is 1.66. The second-order valence-corrected chi connectivity index (χ2v) is 3.71. The zero-order valence-electron chi connectivity index (χ0n) is 8.96. The molecule has 1 aliphatic rings. The molecule has 0 bridgehead atoms. The number of azide groups is 1. The van der Waals surface area contributed by atoms with E-state index < -0.39 is 42.5 Å². The van der Waals surface area contributed by atoms with Gasteiger partial charge < -0.3 is 25.2 Å². The van der Waals surface area contributed by atoms with Crippen LogP contribution in [0.4, 0.5) is 0 Å². The first-order chi connectivity index (χ1) is 7.90. The highest BCUT2D eigenvalue weighted by atomic mass is 16.6. The van der Waals surface area contributed by atoms with Gasteiger partial charge >= 0.3 is 0 Å². The van der Waals surface area contributed by atoms with Gasteiger partial charge in [-0.05, 0) is 17.6 Å². The molecule has 1 saturated heterocycles. The van der Waals surface area contributed by atoms with Gasteiger partial charge in [0.2, 0.25) is 5.72 Å². The molecule has 0 spiro atoms. The third kappa shape index (κ3) is 2.12.